The van der Waals surface area contributed by atoms with Crippen molar-refractivity contribution in [3.05, 3.63) is 47.2 Å². The number of thioether (sulfide) groups is 1. The largest absolute Gasteiger partial charge is 0.329 e. The zero-order valence-electron chi connectivity index (χ0n) is 11.1. The summed E-state index contributed by atoms with van der Waals surface area (Å²) < 4.78 is 1.92. The molecule has 1 aromatic heterocycles. The third-order valence-corrected chi connectivity index (χ3v) is 4.33. The van der Waals surface area contributed by atoms with Crippen LogP contribution in [0.25, 0.3) is 0 Å². The van der Waals surface area contributed by atoms with Gasteiger partial charge in [0.15, 0.2) is 0 Å². The second kappa shape index (κ2) is 5.59. The molecule has 1 unspecified atom stereocenters. The van der Waals surface area contributed by atoms with Crippen LogP contribution in [-0.2, 0) is 7.05 Å². The van der Waals surface area contributed by atoms with Gasteiger partial charge in [0, 0.05) is 18.8 Å². The van der Waals surface area contributed by atoms with E-state index in [4.69, 9.17) is 5.73 Å². The minimum absolute atomic E-state index is 0.279. The molecule has 18 heavy (non-hydrogen) atoms. The van der Waals surface area contributed by atoms with Gasteiger partial charge in [-0.25, -0.2) is 0 Å². The van der Waals surface area contributed by atoms with Crippen molar-refractivity contribution in [2.75, 3.05) is 6.54 Å². The topological polar surface area (TPSA) is 43.8 Å². The quantitative estimate of drug-likeness (QED) is 0.861. The lowest BCUT2D eigenvalue weighted by molar-refractivity contribution is 0.690. The minimum atomic E-state index is 0.279. The number of rotatable bonds is 4. The first-order valence-electron chi connectivity index (χ1n) is 6.04. The summed E-state index contributed by atoms with van der Waals surface area (Å²) in [6, 6.07) is 10.5. The summed E-state index contributed by atoms with van der Waals surface area (Å²) >= 11 is 1.78. The van der Waals surface area contributed by atoms with Gasteiger partial charge >= 0.3 is 0 Å². The van der Waals surface area contributed by atoms with Crippen LogP contribution >= 0.6 is 11.8 Å². The summed E-state index contributed by atoms with van der Waals surface area (Å²) in [4.78, 5) is 0. The standard InChI is InChI=1S/C14H19N3S/c1-10-6-4-5-7-12(10)13(9-15)18-14-8-11(2)16-17(14)3/h4-8,13H,9,15H2,1-3H3. The molecule has 2 rings (SSSR count). The number of benzene rings is 1. The smallest absolute Gasteiger partial charge is 0.0945 e. The van der Waals surface area contributed by atoms with E-state index in [2.05, 4.69) is 42.4 Å². The Balaban J connectivity index is 2.25. The zero-order chi connectivity index (χ0) is 13.1. The van der Waals surface area contributed by atoms with Crippen molar-refractivity contribution in [1.29, 1.82) is 0 Å². The van der Waals surface area contributed by atoms with E-state index in [0.717, 1.165) is 10.7 Å². The van der Waals surface area contributed by atoms with Crippen LogP contribution in [-0.4, -0.2) is 16.3 Å². The highest BCUT2D eigenvalue weighted by Crippen LogP contribution is 2.35. The monoisotopic (exact) mass is 261 g/mol. The maximum Gasteiger partial charge on any atom is 0.0945 e. The van der Waals surface area contributed by atoms with Crippen molar-refractivity contribution in [1.82, 2.24) is 9.78 Å². The molecule has 1 aromatic carbocycles. The SMILES string of the molecule is Cc1cc(SC(CN)c2ccccc2C)n(C)n1. The summed E-state index contributed by atoms with van der Waals surface area (Å²) in [6.07, 6.45) is 0. The van der Waals surface area contributed by atoms with Crippen LogP contribution in [0, 0.1) is 13.8 Å². The Kier molecular flexibility index (Phi) is 4.09. The predicted octanol–water partition coefficient (Wildman–Crippen LogP) is 2.83. The Morgan fingerprint density at radius 3 is 2.61 bits per heavy atom. The Bertz CT molecular complexity index is 534. The molecule has 0 bridgehead atoms. The molecule has 1 heterocycles. The molecule has 0 radical (unpaired) electrons. The zero-order valence-corrected chi connectivity index (χ0v) is 11.9. The van der Waals surface area contributed by atoms with E-state index in [1.807, 2.05) is 18.7 Å². The van der Waals surface area contributed by atoms with Crippen molar-refractivity contribution in [2.45, 2.75) is 24.1 Å². The van der Waals surface area contributed by atoms with Crippen LogP contribution in [0.2, 0.25) is 0 Å². The summed E-state index contributed by atoms with van der Waals surface area (Å²) in [5, 5.41) is 5.81. The van der Waals surface area contributed by atoms with Crippen LogP contribution in [0.15, 0.2) is 35.4 Å². The Hall–Kier alpha value is -1.26. The average Bonchev–Trinajstić information content (AvgIpc) is 2.66. The van der Waals surface area contributed by atoms with Gasteiger partial charge in [0.25, 0.3) is 0 Å². The summed E-state index contributed by atoms with van der Waals surface area (Å²) in [7, 11) is 1.97. The minimum Gasteiger partial charge on any atom is -0.329 e. The highest BCUT2D eigenvalue weighted by molar-refractivity contribution is 7.99. The van der Waals surface area contributed by atoms with Gasteiger partial charge in [-0.15, -0.1) is 0 Å². The molecule has 0 amide bonds. The lowest BCUT2D eigenvalue weighted by atomic mass is 10.1. The number of aromatic nitrogens is 2. The fraction of sp³-hybridized carbons (Fsp3) is 0.357. The predicted molar refractivity (Wildman–Crippen MR) is 76.8 cm³/mol. The normalized spacial score (nSPS) is 12.7. The molecule has 0 aliphatic rings. The molecule has 0 aliphatic heterocycles. The van der Waals surface area contributed by atoms with Gasteiger partial charge in [-0.2, -0.15) is 5.10 Å². The van der Waals surface area contributed by atoms with Gasteiger partial charge in [-0.05, 0) is 31.0 Å². The fourth-order valence-electron chi connectivity index (χ4n) is 2.03. The Morgan fingerprint density at radius 1 is 1.33 bits per heavy atom. The van der Waals surface area contributed by atoms with E-state index >= 15 is 0 Å². The van der Waals surface area contributed by atoms with Gasteiger partial charge in [-0.1, -0.05) is 36.0 Å². The molecular formula is C14H19N3S. The lowest BCUT2D eigenvalue weighted by Crippen LogP contribution is -2.11. The first-order valence-corrected chi connectivity index (χ1v) is 6.92. The van der Waals surface area contributed by atoms with E-state index in [9.17, 15) is 0 Å². The second-order valence-electron chi connectivity index (χ2n) is 4.45. The van der Waals surface area contributed by atoms with Crippen LogP contribution in [0.5, 0.6) is 0 Å². The molecule has 0 saturated carbocycles. The average molecular weight is 261 g/mol. The number of nitrogens with two attached hydrogens (primary N) is 1. The molecule has 0 saturated heterocycles. The van der Waals surface area contributed by atoms with E-state index in [-0.39, 0.29) is 5.25 Å². The van der Waals surface area contributed by atoms with Crippen LogP contribution in [0.4, 0.5) is 0 Å². The number of hydrogen-bond acceptors (Lipinski definition) is 3. The molecule has 3 nitrogen and oxygen atoms in total. The third-order valence-electron chi connectivity index (χ3n) is 2.97. The first-order chi connectivity index (χ1) is 8.61. The molecule has 0 spiro atoms. The highest BCUT2D eigenvalue weighted by Gasteiger charge is 2.15. The molecule has 0 aliphatic carbocycles. The molecule has 1 atom stereocenters. The van der Waals surface area contributed by atoms with Crippen LogP contribution in [0.3, 0.4) is 0 Å². The van der Waals surface area contributed by atoms with Gasteiger partial charge in [-0.3, -0.25) is 4.68 Å². The molecule has 96 valence electrons. The number of nitrogens with zero attached hydrogens (tertiary/aromatic N) is 2. The molecule has 0 fully saturated rings. The van der Waals surface area contributed by atoms with Crippen molar-refractivity contribution in [3.8, 4) is 0 Å². The number of aryl methyl sites for hydroxylation is 3. The van der Waals surface area contributed by atoms with Gasteiger partial charge in [0.1, 0.15) is 0 Å². The van der Waals surface area contributed by atoms with Gasteiger partial charge in [0.2, 0.25) is 0 Å². The Morgan fingerprint density at radius 2 is 2.06 bits per heavy atom. The molecule has 2 aromatic rings. The summed E-state index contributed by atoms with van der Waals surface area (Å²) in [6.45, 7) is 4.77. The van der Waals surface area contributed by atoms with Crippen molar-refractivity contribution in [3.63, 3.8) is 0 Å². The fourth-order valence-corrected chi connectivity index (χ4v) is 3.24. The highest BCUT2D eigenvalue weighted by atomic mass is 32.2. The summed E-state index contributed by atoms with van der Waals surface area (Å²) in [5.74, 6) is 0. The van der Waals surface area contributed by atoms with Gasteiger partial charge in [0.05, 0.1) is 10.7 Å². The summed E-state index contributed by atoms with van der Waals surface area (Å²) in [5.41, 5.74) is 9.57. The first kappa shape index (κ1) is 13.2. The van der Waals surface area contributed by atoms with E-state index < -0.39 is 0 Å². The Labute approximate surface area is 112 Å². The molecule has 4 heteroatoms. The van der Waals surface area contributed by atoms with Crippen LogP contribution in [0.1, 0.15) is 22.1 Å². The molecule has 2 N–H and O–H groups in total. The van der Waals surface area contributed by atoms with Crippen molar-refractivity contribution >= 4 is 11.8 Å². The number of hydrogen-bond donors (Lipinski definition) is 1. The third kappa shape index (κ3) is 2.76. The van der Waals surface area contributed by atoms with Gasteiger partial charge < -0.3 is 5.73 Å². The van der Waals surface area contributed by atoms with Crippen molar-refractivity contribution < 1.29 is 0 Å². The lowest BCUT2D eigenvalue weighted by Gasteiger charge is -2.16. The van der Waals surface area contributed by atoms with E-state index in [0.29, 0.717) is 6.54 Å². The van der Waals surface area contributed by atoms with Crippen molar-refractivity contribution in [2.24, 2.45) is 12.8 Å². The molecular weight excluding hydrogens is 242 g/mol. The van der Waals surface area contributed by atoms with E-state index in [1.165, 1.54) is 11.1 Å². The van der Waals surface area contributed by atoms with E-state index in [1.54, 1.807) is 11.8 Å². The maximum absolute atomic E-state index is 5.93. The maximum atomic E-state index is 5.93. The van der Waals surface area contributed by atoms with Crippen LogP contribution < -0.4 is 5.73 Å². The second-order valence-corrected chi connectivity index (χ2v) is 5.67.